The summed E-state index contributed by atoms with van der Waals surface area (Å²) in [6.45, 7) is 2.75. The van der Waals surface area contributed by atoms with Crippen LogP contribution in [0.25, 0.3) is 0 Å². The van der Waals surface area contributed by atoms with Crippen molar-refractivity contribution in [2.75, 3.05) is 29.4 Å². The van der Waals surface area contributed by atoms with Gasteiger partial charge in [-0.3, -0.25) is 9.52 Å². The first-order chi connectivity index (χ1) is 17.8. The largest absolute Gasteiger partial charge is 0.486 e. The molecule has 0 unspecified atom stereocenters. The van der Waals surface area contributed by atoms with Crippen LogP contribution in [0.5, 0.6) is 11.5 Å². The fraction of sp³-hybridized carbons (Fsp3) is 0.259. The Kier molecular flexibility index (Phi) is 6.75. The van der Waals surface area contributed by atoms with E-state index in [2.05, 4.69) is 4.72 Å². The average Bonchev–Trinajstić information content (AvgIpc) is 2.92. The van der Waals surface area contributed by atoms with Gasteiger partial charge in [-0.05, 0) is 55.7 Å². The molecular formula is C27H26N2O7S. The molecule has 0 saturated heterocycles. The smallest absolute Gasteiger partial charge is 0.341 e. The SMILES string of the molecule is C[C@@H](OC(=O)c1ccccc1NS(=O)(=O)c1ccc2c(c1)OCCO2)C(=O)N1CCCc2ccccc21. The molecule has 1 N–H and O–H groups in total. The number of nitrogens with one attached hydrogen (secondary N) is 1. The van der Waals surface area contributed by atoms with Gasteiger partial charge in [0.25, 0.3) is 15.9 Å². The lowest BCUT2D eigenvalue weighted by molar-refractivity contribution is -0.126. The van der Waals surface area contributed by atoms with Crippen molar-refractivity contribution in [2.45, 2.75) is 30.8 Å². The summed E-state index contributed by atoms with van der Waals surface area (Å²) in [5, 5.41) is 0. The maximum absolute atomic E-state index is 13.2. The highest BCUT2D eigenvalue weighted by molar-refractivity contribution is 7.92. The summed E-state index contributed by atoms with van der Waals surface area (Å²) in [5.74, 6) is -0.362. The molecule has 10 heteroatoms. The monoisotopic (exact) mass is 522 g/mol. The van der Waals surface area contributed by atoms with Crippen molar-refractivity contribution < 1.29 is 32.2 Å². The van der Waals surface area contributed by atoms with Crippen molar-refractivity contribution in [1.82, 2.24) is 0 Å². The molecule has 1 amide bonds. The van der Waals surface area contributed by atoms with E-state index in [1.807, 2.05) is 24.3 Å². The highest BCUT2D eigenvalue weighted by atomic mass is 32.2. The Morgan fingerprint density at radius 3 is 2.54 bits per heavy atom. The number of esters is 1. The summed E-state index contributed by atoms with van der Waals surface area (Å²) in [6.07, 6.45) is 0.625. The highest BCUT2D eigenvalue weighted by Gasteiger charge is 2.30. The molecule has 2 aliphatic heterocycles. The molecule has 0 spiro atoms. The predicted octanol–water partition coefficient (Wildman–Crippen LogP) is 3.78. The van der Waals surface area contributed by atoms with Crippen molar-refractivity contribution in [2.24, 2.45) is 0 Å². The lowest BCUT2D eigenvalue weighted by atomic mass is 10.0. The highest BCUT2D eigenvalue weighted by Crippen LogP contribution is 2.33. The second-order valence-corrected chi connectivity index (χ2v) is 10.4. The fourth-order valence-electron chi connectivity index (χ4n) is 4.40. The summed E-state index contributed by atoms with van der Waals surface area (Å²) in [4.78, 5) is 27.8. The van der Waals surface area contributed by atoms with Crippen LogP contribution in [0.15, 0.2) is 71.6 Å². The number of benzene rings is 3. The molecule has 1 atom stereocenters. The molecule has 37 heavy (non-hydrogen) atoms. The molecular weight excluding hydrogens is 496 g/mol. The quantitative estimate of drug-likeness (QED) is 0.491. The van der Waals surface area contributed by atoms with Crippen LogP contribution in [0.4, 0.5) is 11.4 Å². The molecule has 0 saturated carbocycles. The minimum Gasteiger partial charge on any atom is -0.486 e. The minimum atomic E-state index is -4.07. The number of nitrogens with zero attached hydrogens (tertiary/aromatic N) is 1. The first-order valence-electron chi connectivity index (χ1n) is 12.0. The third kappa shape index (κ3) is 5.10. The van der Waals surface area contributed by atoms with Gasteiger partial charge < -0.3 is 19.1 Å². The molecule has 5 rings (SSSR count). The molecule has 0 aliphatic carbocycles. The van der Waals surface area contributed by atoms with Gasteiger partial charge in [-0.1, -0.05) is 30.3 Å². The number of carbonyl (C=O) groups excluding carboxylic acids is 2. The summed E-state index contributed by atoms with van der Waals surface area (Å²) in [5.41, 5.74) is 1.90. The van der Waals surface area contributed by atoms with E-state index in [1.165, 1.54) is 37.3 Å². The molecule has 192 valence electrons. The van der Waals surface area contributed by atoms with E-state index >= 15 is 0 Å². The van der Waals surface area contributed by atoms with Crippen LogP contribution in [-0.4, -0.2) is 46.2 Å². The standard InChI is InChI=1S/C27H26N2O7S/c1-18(26(30)29-14-6-8-19-7-2-5-11-23(19)29)36-27(31)21-9-3-4-10-22(21)28-37(32,33)20-12-13-24-25(17-20)35-16-15-34-24/h2-5,7,9-13,17-18,28H,6,8,14-16H2,1H3/t18-/m1/s1. The number of amides is 1. The summed E-state index contributed by atoms with van der Waals surface area (Å²) < 4.78 is 45.1. The molecule has 2 aliphatic rings. The third-order valence-corrected chi connectivity index (χ3v) is 7.59. The number of sulfonamides is 1. The van der Waals surface area contributed by atoms with Crippen LogP contribution in [0.2, 0.25) is 0 Å². The third-order valence-electron chi connectivity index (χ3n) is 6.22. The Balaban J connectivity index is 1.33. The number of hydrogen-bond acceptors (Lipinski definition) is 7. The molecule has 0 radical (unpaired) electrons. The number of fused-ring (bicyclic) bond motifs is 2. The van der Waals surface area contributed by atoms with Gasteiger partial charge in [-0.15, -0.1) is 0 Å². The molecule has 0 aromatic heterocycles. The van der Waals surface area contributed by atoms with Gasteiger partial charge in [0, 0.05) is 18.3 Å². The zero-order valence-corrected chi connectivity index (χ0v) is 21.0. The molecule has 3 aromatic rings. The zero-order chi connectivity index (χ0) is 26.0. The van der Waals surface area contributed by atoms with Gasteiger partial charge in [0.1, 0.15) is 13.2 Å². The van der Waals surface area contributed by atoms with Crippen molar-refractivity contribution in [1.29, 1.82) is 0 Å². The number of para-hydroxylation sites is 2. The lowest BCUT2D eigenvalue weighted by Gasteiger charge is -2.31. The normalized spacial score (nSPS) is 15.3. The Hall–Kier alpha value is -4.05. The van der Waals surface area contributed by atoms with Gasteiger partial charge >= 0.3 is 5.97 Å². The van der Waals surface area contributed by atoms with Crippen LogP contribution in [-0.2, 0) is 26.0 Å². The first-order valence-corrected chi connectivity index (χ1v) is 13.4. The number of hydrogen-bond donors (Lipinski definition) is 1. The van der Waals surface area contributed by atoms with E-state index in [-0.39, 0.29) is 22.1 Å². The van der Waals surface area contributed by atoms with Gasteiger partial charge in [-0.2, -0.15) is 0 Å². The number of ether oxygens (including phenoxy) is 3. The van der Waals surface area contributed by atoms with Gasteiger partial charge in [0.05, 0.1) is 16.1 Å². The van der Waals surface area contributed by atoms with Crippen LogP contribution in [0.3, 0.4) is 0 Å². The maximum Gasteiger partial charge on any atom is 0.341 e. The Morgan fingerprint density at radius 2 is 1.70 bits per heavy atom. The zero-order valence-electron chi connectivity index (χ0n) is 20.2. The van der Waals surface area contributed by atoms with E-state index in [4.69, 9.17) is 14.2 Å². The molecule has 0 fully saturated rings. The first kappa shape index (κ1) is 24.6. The topological polar surface area (TPSA) is 111 Å². The van der Waals surface area contributed by atoms with Crippen LogP contribution in [0, 0.1) is 0 Å². The van der Waals surface area contributed by atoms with E-state index in [0.29, 0.717) is 31.3 Å². The fourth-order valence-corrected chi connectivity index (χ4v) is 5.50. The van der Waals surface area contributed by atoms with Crippen molar-refractivity contribution in [3.8, 4) is 11.5 Å². The summed E-state index contributed by atoms with van der Waals surface area (Å²) in [7, 11) is -4.07. The number of anilines is 2. The lowest BCUT2D eigenvalue weighted by Crippen LogP contribution is -2.42. The molecule has 9 nitrogen and oxygen atoms in total. The number of carbonyl (C=O) groups is 2. The van der Waals surface area contributed by atoms with E-state index in [9.17, 15) is 18.0 Å². The maximum atomic E-state index is 13.2. The van der Waals surface area contributed by atoms with Gasteiger partial charge in [0.2, 0.25) is 0 Å². The minimum absolute atomic E-state index is 0.0117. The molecule has 3 aromatic carbocycles. The van der Waals surface area contributed by atoms with Crippen molar-refractivity contribution >= 4 is 33.3 Å². The number of aryl methyl sites for hydroxylation is 1. The average molecular weight is 523 g/mol. The van der Waals surface area contributed by atoms with Crippen LogP contribution in [0.1, 0.15) is 29.3 Å². The second-order valence-electron chi connectivity index (χ2n) is 8.73. The van der Waals surface area contributed by atoms with Crippen molar-refractivity contribution in [3.05, 3.63) is 77.9 Å². The van der Waals surface area contributed by atoms with Crippen molar-refractivity contribution in [3.63, 3.8) is 0 Å². The number of rotatable bonds is 6. The van der Waals surface area contributed by atoms with Crippen LogP contribution >= 0.6 is 0 Å². The molecule has 2 heterocycles. The second kappa shape index (κ2) is 10.1. The Labute approximate surface area is 215 Å². The Bertz CT molecular complexity index is 1450. The van der Waals surface area contributed by atoms with E-state index in [0.717, 1.165) is 24.1 Å². The summed E-state index contributed by atoms with van der Waals surface area (Å²) >= 11 is 0. The summed E-state index contributed by atoms with van der Waals surface area (Å²) in [6, 6.07) is 18.0. The van der Waals surface area contributed by atoms with E-state index in [1.54, 1.807) is 17.0 Å². The van der Waals surface area contributed by atoms with Gasteiger partial charge in [0.15, 0.2) is 17.6 Å². The van der Waals surface area contributed by atoms with Gasteiger partial charge in [-0.25, -0.2) is 13.2 Å². The van der Waals surface area contributed by atoms with E-state index < -0.39 is 22.1 Å². The Morgan fingerprint density at radius 1 is 0.973 bits per heavy atom. The van der Waals surface area contributed by atoms with Crippen LogP contribution < -0.4 is 19.1 Å². The molecule has 0 bridgehead atoms. The predicted molar refractivity (Wildman–Crippen MR) is 137 cm³/mol.